The second-order valence-electron chi connectivity index (χ2n) is 5.12. The van der Waals surface area contributed by atoms with E-state index in [9.17, 15) is 0 Å². The Balaban J connectivity index is 1.87. The van der Waals surface area contributed by atoms with E-state index in [1.807, 2.05) is 19.2 Å². The molecule has 1 aliphatic heterocycles. The van der Waals surface area contributed by atoms with Crippen LogP contribution in [0.3, 0.4) is 0 Å². The highest BCUT2D eigenvalue weighted by Gasteiger charge is 2.14. The standard InChI is InChI=1S/C15H20N4O/c1-18-15(16)10-14(17-18)13-5-3-2-4-12(13)11-19-6-8-20-9-7-19/h2-5,10H,6-9,11,16H2,1H3. The number of hydrogen-bond donors (Lipinski definition) is 1. The van der Waals surface area contributed by atoms with E-state index >= 15 is 0 Å². The molecule has 1 aromatic heterocycles. The lowest BCUT2D eigenvalue weighted by Crippen LogP contribution is -2.35. The normalized spacial score (nSPS) is 16.4. The van der Waals surface area contributed by atoms with Gasteiger partial charge in [-0.2, -0.15) is 5.10 Å². The van der Waals surface area contributed by atoms with Crippen LogP contribution in [0, 0.1) is 0 Å². The van der Waals surface area contributed by atoms with Gasteiger partial charge in [0.25, 0.3) is 0 Å². The molecule has 3 rings (SSSR count). The molecule has 0 bridgehead atoms. The molecule has 1 aromatic carbocycles. The molecule has 0 spiro atoms. The van der Waals surface area contributed by atoms with Crippen LogP contribution < -0.4 is 5.73 Å². The Morgan fingerprint density at radius 2 is 2.00 bits per heavy atom. The van der Waals surface area contributed by atoms with Gasteiger partial charge in [-0.15, -0.1) is 0 Å². The molecule has 2 heterocycles. The second kappa shape index (κ2) is 5.64. The van der Waals surface area contributed by atoms with Crippen LogP contribution in [-0.2, 0) is 18.3 Å². The Kier molecular flexibility index (Phi) is 3.71. The Bertz CT molecular complexity index is 568. The minimum absolute atomic E-state index is 0.682. The fourth-order valence-corrected chi connectivity index (χ4v) is 2.52. The molecule has 1 fully saturated rings. The molecule has 0 saturated carbocycles. The monoisotopic (exact) mass is 272 g/mol. The molecule has 5 heteroatoms. The van der Waals surface area contributed by atoms with Gasteiger partial charge in [0.05, 0.1) is 18.9 Å². The summed E-state index contributed by atoms with van der Waals surface area (Å²) in [7, 11) is 1.86. The van der Waals surface area contributed by atoms with Crippen LogP contribution in [-0.4, -0.2) is 41.0 Å². The highest BCUT2D eigenvalue weighted by molar-refractivity contribution is 5.66. The second-order valence-corrected chi connectivity index (χ2v) is 5.12. The van der Waals surface area contributed by atoms with E-state index in [4.69, 9.17) is 10.5 Å². The number of rotatable bonds is 3. The number of nitrogens with zero attached hydrogens (tertiary/aromatic N) is 3. The zero-order valence-electron chi connectivity index (χ0n) is 11.7. The Labute approximate surface area is 118 Å². The molecule has 2 N–H and O–H groups in total. The molecular weight excluding hydrogens is 252 g/mol. The number of morpholine rings is 1. The first-order valence-electron chi connectivity index (χ1n) is 6.92. The average Bonchev–Trinajstić information content (AvgIpc) is 2.80. The van der Waals surface area contributed by atoms with Crippen LogP contribution in [0.2, 0.25) is 0 Å². The molecule has 20 heavy (non-hydrogen) atoms. The van der Waals surface area contributed by atoms with E-state index in [1.165, 1.54) is 5.56 Å². The summed E-state index contributed by atoms with van der Waals surface area (Å²) in [6.07, 6.45) is 0. The zero-order valence-corrected chi connectivity index (χ0v) is 11.7. The first kappa shape index (κ1) is 13.1. The molecular formula is C15H20N4O. The first-order valence-corrected chi connectivity index (χ1v) is 6.92. The van der Waals surface area contributed by atoms with Crippen molar-refractivity contribution in [1.29, 1.82) is 0 Å². The van der Waals surface area contributed by atoms with Crippen molar-refractivity contribution in [2.45, 2.75) is 6.54 Å². The molecule has 5 nitrogen and oxygen atoms in total. The van der Waals surface area contributed by atoms with Crippen LogP contribution in [0.1, 0.15) is 5.56 Å². The Morgan fingerprint density at radius 1 is 1.25 bits per heavy atom. The third-order valence-electron chi connectivity index (χ3n) is 3.71. The maximum absolute atomic E-state index is 5.89. The summed E-state index contributed by atoms with van der Waals surface area (Å²) in [4.78, 5) is 2.41. The van der Waals surface area contributed by atoms with Crippen molar-refractivity contribution >= 4 is 5.82 Å². The summed E-state index contributed by atoms with van der Waals surface area (Å²) in [5.41, 5.74) is 9.27. The van der Waals surface area contributed by atoms with Crippen LogP contribution in [0.15, 0.2) is 30.3 Å². The molecule has 0 atom stereocenters. The Morgan fingerprint density at radius 3 is 2.70 bits per heavy atom. The van der Waals surface area contributed by atoms with Crippen molar-refractivity contribution in [1.82, 2.24) is 14.7 Å². The maximum Gasteiger partial charge on any atom is 0.121 e. The maximum atomic E-state index is 5.89. The summed E-state index contributed by atoms with van der Waals surface area (Å²) in [5, 5.41) is 4.48. The fraction of sp³-hybridized carbons (Fsp3) is 0.400. The van der Waals surface area contributed by atoms with Gasteiger partial charge in [-0.25, -0.2) is 0 Å². The van der Waals surface area contributed by atoms with Gasteiger partial charge in [0.1, 0.15) is 5.82 Å². The van der Waals surface area contributed by atoms with Gasteiger partial charge >= 0.3 is 0 Å². The quantitative estimate of drug-likeness (QED) is 0.920. The number of hydrogen-bond acceptors (Lipinski definition) is 4. The number of nitrogens with two attached hydrogens (primary N) is 1. The van der Waals surface area contributed by atoms with Crippen LogP contribution in [0.4, 0.5) is 5.82 Å². The zero-order chi connectivity index (χ0) is 13.9. The van der Waals surface area contributed by atoms with Crippen molar-refractivity contribution in [3.8, 4) is 11.3 Å². The summed E-state index contributed by atoms with van der Waals surface area (Å²) in [6.45, 7) is 4.53. The Hall–Kier alpha value is -1.85. The van der Waals surface area contributed by atoms with Crippen molar-refractivity contribution in [2.24, 2.45) is 7.05 Å². The van der Waals surface area contributed by atoms with E-state index < -0.39 is 0 Å². The van der Waals surface area contributed by atoms with Gasteiger partial charge in [0.2, 0.25) is 0 Å². The fourth-order valence-electron chi connectivity index (χ4n) is 2.52. The number of anilines is 1. The largest absolute Gasteiger partial charge is 0.384 e. The summed E-state index contributed by atoms with van der Waals surface area (Å²) in [5.74, 6) is 0.682. The molecule has 1 saturated heterocycles. The van der Waals surface area contributed by atoms with Gasteiger partial charge < -0.3 is 10.5 Å². The summed E-state index contributed by atoms with van der Waals surface area (Å²) < 4.78 is 7.11. The lowest BCUT2D eigenvalue weighted by atomic mass is 10.0. The smallest absolute Gasteiger partial charge is 0.121 e. The van der Waals surface area contributed by atoms with E-state index in [0.29, 0.717) is 5.82 Å². The number of nitrogen functional groups attached to an aromatic ring is 1. The van der Waals surface area contributed by atoms with E-state index in [-0.39, 0.29) is 0 Å². The van der Waals surface area contributed by atoms with Gasteiger partial charge in [-0.3, -0.25) is 9.58 Å². The highest BCUT2D eigenvalue weighted by Crippen LogP contribution is 2.25. The predicted octanol–water partition coefficient (Wildman–Crippen LogP) is 1.50. The topological polar surface area (TPSA) is 56.3 Å². The van der Waals surface area contributed by atoms with Gasteiger partial charge in [0, 0.05) is 38.3 Å². The molecule has 0 aliphatic carbocycles. The van der Waals surface area contributed by atoms with Gasteiger partial charge in [-0.05, 0) is 5.56 Å². The minimum Gasteiger partial charge on any atom is -0.384 e. The summed E-state index contributed by atoms with van der Waals surface area (Å²) in [6, 6.07) is 10.3. The molecule has 106 valence electrons. The van der Waals surface area contributed by atoms with Gasteiger partial charge in [0.15, 0.2) is 0 Å². The van der Waals surface area contributed by atoms with Crippen LogP contribution in [0.25, 0.3) is 11.3 Å². The third kappa shape index (κ3) is 2.69. The third-order valence-corrected chi connectivity index (χ3v) is 3.71. The molecule has 0 radical (unpaired) electrons. The van der Waals surface area contributed by atoms with Crippen molar-refractivity contribution < 1.29 is 4.74 Å². The molecule has 1 aliphatic rings. The lowest BCUT2D eigenvalue weighted by molar-refractivity contribution is 0.0342. The van der Waals surface area contributed by atoms with Crippen LogP contribution in [0.5, 0.6) is 0 Å². The highest BCUT2D eigenvalue weighted by atomic mass is 16.5. The van der Waals surface area contributed by atoms with Gasteiger partial charge in [-0.1, -0.05) is 24.3 Å². The number of benzene rings is 1. The van der Waals surface area contributed by atoms with Crippen molar-refractivity contribution in [2.75, 3.05) is 32.0 Å². The number of aromatic nitrogens is 2. The SMILES string of the molecule is Cn1nc(-c2ccccc2CN2CCOCC2)cc1N. The minimum atomic E-state index is 0.682. The first-order chi connectivity index (χ1) is 9.74. The number of aryl methyl sites for hydroxylation is 1. The average molecular weight is 272 g/mol. The van der Waals surface area contributed by atoms with Crippen molar-refractivity contribution in [3.63, 3.8) is 0 Å². The number of ether oxygens (including phenoxy) is 1. The molecule has 2 aromatic rings. The lowest BCUT2D eigenvalue weighted by Gasteiger charge is -2.27. The van der Waals surface area contributed by atoms with E-state index in [0.717, 1.165) is 44.1 Å². The van der Waals surface area contributed by atoms with E-state index in [2.05, 4.69) is 28.2 Å². The predicted molar refractivity (Wildman–Crippen MR) is 79.2 cm³/mol. The molecule has 0 amide bonds. The summed E-state index contributed by atoms with van der Waals surface area (Å²) >= 11 is 0. The van der Waals surface area contributed by atoms with Crippen molar-refractivity contribution in [3.05, 3.63) is 35.9 Å². The van der Waals surface area contributed by atoms with Crippen LogP contribution >= 0.6 is 0 Å². The molecule has 0 unspecified atom stereocenters. The van der Waals surface area contributed by atoms with E-state index in [1.54, 1.807) is 4.68 Å².